The van der Waals surface area contributed by atoms with Crippen molar-refractivity contribution >= 4 is 11.8 Å². The summed E-state index contributed by atoms with van der Waals surface area (Å²) in [7, 11) is 1.92. The molecule has 0 saturated carbocycles. The molecule has 2 rings (SSSR count). The van der Waals surface area contributed by atoms with Crippen LogP contribution in [0.25, 0.3) is 0 Å². The average Bonchev–Trinajstić information content (AvgIpc) is 2.67. The smallest absolute Gasteiger partial charge is 0.239 e. The monoisotopic (exact) mass is 247 g/mol. The van der Waals surface area contributed by atoms with Crippen molar-refractivity contribution in [3.8, 4) is 0 Å². The van der Waals surface area contributed by atoms with Crippen LogP contribution in [0.15, 0.2) is 12.3 Å². The lowest BCUT2D eigenvalue weighted by molar-refractivity contribution is 0.738. The SMILES string of the molecule is Cc1cc(NCc2cnn(C)c2C)nc(NN)n1. The van der Waals surface area contributed by atoms with Gasteiger partial charge < -0.3 is 5.32 Å². The summed E-state index contributed by atoms with van der Waals surface area (Å²) in [6.45, 7) is 4.59. The standard InChI is InChI=1S/C11H17N7/c1-7-4-10(16-11(15-7)17-12)13-5-9-6-14-18(3)8(9)2/h4,6H,5,12H2,1-3H3,(H2,13,15,16,17). The van der Waals surface area contributed by atoms with E-state index in [1.54, 1.807) is 0 Å². The maximum absolute atomic E-state index is 5.31. The van der Waals surface area contributed by atoms with Gasteiger partial charge in [-0.15, -0.1) is 0 Å². The van der Waals surface area contributed by atoms with E-state index in [0.29, 0.717) is 12.5 Å². The molecule has 0 aromatic carbocycles. The molecule has 0 aliphatic carbocycles. The van der Waals surface area contributed by atoms with Gasteiger partial charge in [0, 0.05) is 36.6 Å². The van der Waals surface area contributed by atoms with E-state index in [0.717, 1.165) is 22.8 Å². The molecule has 0 fully saturated rings. The van der Waals surface area contributed by atoms with Crippen LogP contribution in [0.4, 0.5) is 11.8 Å². The van der Waals surface area contributed by atoms with Crippen molar-refractivity contribution < 1.29 is 0 Å². The highest BCUT2D eigenvalue weighted by molar-refractivity contribution is 5.42. The van der Waals surface area contributed by atoms with Crippen molar-refractivity contribution in [3.63, 3.8) is 0 Å². The fraction of sp³-hybridized carbons (Fsp3) is 0.364. The lowest BCUT2D eigenvalue weighted by Gasteiger charge is -2.07. The largest absolute Gasteiger partial charge is 0.366 e. The van der Waals surface area contributed by atoms with Gasteiger partial charge in [0.25, 0.3) is 0 Å². The van der Waals surface area contributed by atoms with Crippen LogP contribution < -0.4 is 16.6 Å². The van der Waals surface area contributed by atoms with Crippen LogP contribution in [0, 0.1) is 13.8 Å². The molecule has 7 heteroatoms. The highest BCUT2D eigenvalue weighted by Gasteiger charge is 2.05. The number of hydrogen-bond donors (Lipinski definition) is 3. The molecule has 0 saturated heterocycles. The maximum atomic E-state index is 5.31. The molecule has 0 amide bonds. The normalized spacial score (nSPS) is 10.4. The number of anilines is 2. The van der Waals surface area contributed by atoms with E-state index in [1.807, 2.05) is 37.8 Å². The third-order valence-corrected chi connectivity index (χ3v) is 2.78. The van der Waals surface area contributed by atoms with Gasteiger partial charge >= 0.3 is 0 Å². The van der Waals surface area contributed by atoms with Crippen LogP contribution in [0.2, 0.25) is 0 Å². The van der Waals surface area contributed by atoms with E-state index >= 15 is 0 Å². The van der Waals surface area contributed by atoms with Gasteiger partial charge in [0.15, 0.2) is 0 Å². The summed E-state index contributed by atoms with van der Waals surface area (Å²) < 4.78 is 1.84. The second kappa shape index (κ2) is 5.01. The second-order valence-corrected chi connectivity index (χ2v) is 4.09. The average molecular weight is 247 g/mol. The summed E-state index contributed by atoms with van der Waals surface area (Å²) in [4.78, 5) is 8.34. The molecule has 0 aliphatic rings. The van der Waals surface area contributed by atoms with Crippen molar-refractivity contribution in [1.29, 1.82) is 0 Å². The Morgan fingerprint density at radius 3 is 2.72 bits per heavy atom. The van der Waals surface area contributed by atoms with Crippen molar-refractivity contribution in [1.82, 2.24) is 19.7 Å². The van der Waals surface area contributed by atoms with Crippen molar-refractivity contribution in [2.24, 2.45) is 12.9 Å². The zero-order valence-corrected chi connectivity index (χ0v) is 10.7. The van der Waals surface area contributed by atoms with Crippen LogP contribution in [-0.4, -0.2) is 19.7 Å². The Hall–Kier alpha value is -2.15. The molecule has 0 bridgehead atoms. The Bertz CT molecular complexity index is 546. The predicted molar refractivity (Wildman–Crippen MR) is 69.9 cm³/mol. The molecular formula is C11H17N7. The summed E-state index contributed by atoms with van der Waals surface area (Å²) in [5.74, 6) is 6.44. The first-order valence-electron chi connectivity index (χ1n) is 5.64. The van der Waals surface area contributed by atoms with Crippen molar-refractivity contribution in [2.75, 3.05) is 10.7 Å². The molecule has 18 heavy (non-hydrogen) atoms. The summed E-state index contributed by atoms with van der Waals surface area (Å²) in [6, 6.07) is 1.87. The van der Waals surface area contributed by atoms with Gasteiger partial charge in [-0.25, -0.2) is 10.8 Å². The fourth-order valence-corrected chi connectivity index (χ4v) is 1.63. The topological polar surface area (TPSA) is 93.7 Å². The predicted octanol–water partition coefficient (Wildman–Crippen LogP) is 0.725. The number of nitrogens with two attached hydrogens (primary N) is 1. The van der Waals surface area contributed by atoms with Crippen LogP contribution in [-0.2, 0) is 13.6 Å². The molecule has 0 unspecified atom stereocenters. The molecule has 0 aliphatic heterocycles. The first-order valence-corrected chi connectivity index (χ1v) is 5.64. The van der Waals surface area contributed by atoms with Crippen molar-refractivity contribution in [2.45, 2.75) is 20.4 Å². The third kappa shape index (κ3) is 2.57. The highest BCUT2D eigenvalue weighted by atomic mass is 15.3. The first-order chi connectivity index (χ1) is 8.60. The van der Waals surface area contributed by atoms with Crippen LogP contribution in [0.1, 0.15) is 17.0 Å². The Balaban J connectivity index is 2.10. The first kappa shape index (κ1) is 12.3. The van der Waals surface area contributed by atoms with Gasteiger partial charge in [-0.05, 0) is 13.8 Å². The highest BCUT2D eigenvalue weighted by Crippen LogP contribution is 2.12. The Morgan fingerprint density at radius 1 is 1.33 bits per heavy atom. The number of nitrogens with one attached hydrogen (secondary N) is 2. The van der Waals surface area contributed by atoms with Gasteiger partial charge in [-0.1, -0.05) is 0 Å². The van der Waals surface area contributed by atoms with Crippen molar-refractivity contribution in [3.05, 3.63) is 29.2 Å². The summed E-state index contributed by atoms with van der Waals surface area (Å²) in [6.07, 6.45) is 1.85. The molecule has 2 aromatic rings. The number of rotatable bonds is 4. The minimum absolute atomic E-state index is 0.403. The molecule has 4 N–H and O–H groups in total. The number of hydrogen-bond acceptors (Lipinski definition) is 6. The summed E-state index contributed by atoms with van der Waals surface area (Å²) in [5, 5.41) is 7.42. The third-order valence-electron chi connectivity index (χ3n) is 2.78. The van der Waals surface area contributed by atoms with E-state index in [4.69, 9.17) is 5.84 Å². The number of hydrazine groups is 1. The van der Waals surface area contributed by atoms with E-state index in [9.17, 15) is 0 Å². The molecule has 0 radical (unpaired) electrons. The van der Waals surface area contributed by atoms with Crippen LogP contribution >= 0.6 is 0 Å². The number of nitrogen functional groups attached to an aromatic ring is 1. The zero-order chi connectivity index (χ0) is 13.1. The maximum Gasteiger partial charge on any atom is 0.239 e. The molecule has 0 spiro atoms. The lowest BCUT2D eigenvalue weighted by Crippen LogP contribution is -2.12. The van der Waals surface area contributed by atoms with E-state index < -0.39 is 0 Å². The Labute approximate surface area is 105 Å². The van der Waals surface area contributed by atoms with Gasteiger partial charge in [0.05, 0.1) is 6.20 Å². The molecule has 2 aromatic heterocycles. The fourth-order valence-electron chi connectivity index (χ4n) is 1.63. The molecule has 7 nitrogen and oxygen atoms in total. The van der Waals surface area contributed by atoms with Gasteiger partial charge in [-0.3, -0.25) is 10.1 Å². The van der Waals surface area contributed by atoms with E-state index in [-0.39, 0.29) is 0 Å². The quantitative estimate of drug-likeness (QED) is 0.544. The minimum Gasteiger partial charge on any atom is -0.366 e. The molecular weight excluding hydrogens is 230 g/mol. The molecule has 2 heterocycles. The van der Waals surface area contributed by atoms with E-state index in [2.05, 4.69) is 25.8 Å². The Kier molecular flexibility index (Phi) is 3.42. The zero-order valence-electron chi connectivity index (χ0n) is 10.7. The molecule has 0 atom stereocenters. The number of nitrogens with zero attached hydrogens (tertiary/aromatic N) is 4. The number of aromatic nitrogens is 4. The Morgan fingerprint density at radius 2 is 2.11 bits per heavy atom. The van der Waals surface area contributed by atoms with E-state index in [1.165, 1.54) is 0 Å². The summed E-state index contributed by atoms with van der Waals surface area (Å²) in [5.41, 5.74) is 5.56. The van der Waals surface area contributed by atoms with Gasteiger partial charge in [0.1, 0.15) is 5.82 Å². The summed E-state index contributed by atoms with van der Waals surface area (Å²) >= 11 is 0. The minimum atomic E-state index is 0.403. The van der Waals surface area contributed by atoms with Gasteiger partial charge in [-0.2, -0.15) is 10.1 Å². The lowest BCUT2D eigenvalue weighted by atomic mass is 10.2. The van der Waals surface area contributed by atoms with Crippen LogP contribution in [0.5, 0.6) is 0 Å². The molecule has 96 valence electrons. The number of aryl methyl sites for hydroxylation is 2. The van der Waals surface area contributed by atoms with Gasteiger partial charge in [0.2, 0.25) is 5.95 Å². The second-order valence-electron chi connectivity index (χ2n) is 4.09. The van der Waals surface area contributed by atoms with Crippen LogP contribution in [0.3, 0.4) is 0 Å².